The van der Waals surface area contributed by atoms with Gasteiger partial charge in [-0.05, 0) is 64.7 Å². The van der Waals surface area contributed by atoms with Gasteiger partial charge in [-0.1, -0.05) is 18.2 Å². The molecule has 4 nitrogen and oxygen atoms in total. The molecule has 0 N–H and O–H groups in total. The Morgan fingerprint density at radius 1 is 0.962 bits per heavy atom. The van der Waals surface area contributed by atoms with Gasteiger partial charge >= 0.3 is 0 Å². The van der Waals surface area contributed by atoms with Crippen molar-refractivity contribution < 1.29 is 9.47 Å². The van der Waals surface area contributed by atoms with Gasteiger partial charge in [-0.3, -0.25) is 0 Å². The van der Waals surface area contributed by atoms with Crippen LogP contribution in [0.4, 0.5) is 5.69 Å². The van der Waals surface area contributed by atoms with Crippen molar-refractivity contribution in [2.24, 2.45) is 0 Å². The number of benzene rings is 2. The van der Waals surface area contributed by atoms with E-state index in [0.717, 1.165) is 24.6 Å². The number of hydrogen-bond acceptors (Lipinski definition) is 4. The molecule has 0 heterocycles. The van der Waals surface area contributed by atoms with Crippen LogP contribution in [-0.2, 0) is 6.54 Å². The minimum Gasteiger partial charge on any atom is -0.497 e. The van der Waals surface area contributed by atoms with E-state index in [9.17, 15) is 0 Å². The number of ether oxygens (including phenoxy) is 2. The van der Waals surface area contributed by atoms with E-state index in [4.69, 9.17) is 9.47 Å². The molecular weight excluding hydrogens is 324 g/mol. The van der Waals surface area contributed by atoms with Crippen molar-refractivity contribution >= 4 is 5.69 Å². The molecule has 142 valence electrons. The smallest absolute Gasteiger partial charge is 0.120 e. The second-order valence-electron chi connectivity index (χ2n) is 7.36. The highest BCUT2D eigenvalue weighted by atomic mass is 16.5. The van der Waals surface area contributed by atoms with Gasteiger partial charge in [-0.2, -0.15) is 0 Å². The molecule has 0 saturated carbocycles. The van der Waals surface area contributed by atoms with Gasteiger partial charge in [0.25, 0.3) is 0 Å². The van der Waals surface area contributed by atoms with Gasteiger partial charge in [0.15, 0.2) is 0 Å². The monoisotopic (exact) mass is 356 g/mol. The Hall–Kier alpha value is -2.20. The number of anilines is 1. The quantitative estimate of drug-likeness (QED) is 0.663. The Morgan fingerprint density at radius 2 is 1.65 bits per heavy atom. The maximum absolute atomic E-state index is 5.96. The fourth-order valence-corrected chi connectivity index (χ4v) is 2.49. The van der Waals surface area contributed by atoms with Gasteiger partial charge in [-0.25, -0.2) is 0 Å². The molecule has 0 amide bonds. The number of likely N-dealkylation sites (N-methyl/N-ethyl adjacent to an activating group) is 1. The molecule has 0 aliphatic heterocycles. The van der Waals surface area contributed by atoms with Crippen molar-refractivity contribution in [3.63, 3.8) is 0 Å². The first-order chi connectivity index (χ1) is 12.4. The third-order valence-electron chi connectivity index (χ3n) is 4.90. The molecule has 0 aliphatic carbocycles. The molecule has 0 unspecified atom stereocenters. The number of methoxy groups -OCH3 is 1. The lowest BCUT2D eigenvalue weighted by molar-refractivity contribution is 0.114. The van der Waals surface area contributed by atoms with Crippen LogP contribution in [0.15, 0.2) is 48.5 Å². The Bertz CT molecular complexity index is 681. The average Bonchev–Trinajstić information content (AvgIpc) is 2.65. The second-order valence-corrected chi connectivity index (χ2v) is 7.36. The van der Waals surface area contributed by atoms with Gasteiger partial charge in [0.2, 0.25) is 0 Å². The topological polar surface area (TPSA) is 24.9 Å². The summed E-state index contributed by atoms with van der Waals surface area (Å²) in [5, 5.41) is 0. The molecule has 0 saturated heterocycles. The Balaban J connectivity index is 2.01. The van der Waals surface area contributed by atoms with Gasteiger partial charge in [0.1, 0.15) is 18.1 Å². The maximum Gasteiger partial charge on any atom is 0.120 e. The summed E-state index contributed by atoms with van der Waals surface area (Å²) in [5.41, 5.74) is 2.43. The molecule has 0 atom stereocenters. The largest absolute Gasteiger partial charge is 0.497 e. The lowest BCUT2D eigenvalue weighted by Gasteiger charge is -2.32. The lowest BCUT2D eigenvalue weighted by Crippen LogP contribution is -2.43. The van der Waals surface area contributed by atoms with Crippen LogP contribution in [0.1, 0.15) is 26.3 Å². The molecule has 0 aromatic heterocycles. The van der Waals surface area contributed by atoms with E-state index < -0.39 is 0 Å². The van der Waals surface area contributed by atoms with E-state index in [1.807, 2.05) is 12.1 Å². The second kappa shape index (κ2) is 8.95. The summed E-state index contributed by atoms with van der Waals surface area (Å²) in [4.78, 5) is 4.50. The Labute approximate surface area is 158 Å². The SMILES string of the molecule is CCN(Cc1ccc(OCC(C)(C)N(C)C)cc1)c1cccc(OC)c1. The van der Waals surface area contributed by atoms with E-state index in [1.165, 1.54) is 11.3 Å². The van der Waals surface area contributed by atoms with Crippen molar-refractivity contribution in [1.29, 1.82) is 0 Å². The van der Waals surface area contributed by atoms with Crippen LogP contribution >= 0.6 is 0 Å². The summed E-state index contributed by atoms with van der Waals surface area (Å²) in [6, 6.07) is 16.6. The molecule has 2 rings (SSSR count). The summed E-state index contributed by atoms with van der Waals surface area (Å²) in [7, 11) is 5.85. The first-order valence-corrected chi connectivity index (χ1v) is 9.14. The van der Waals surface area contributed by atoms with Crippen LogP contribution in [-0.4, -0.2) is 44.8 Å². The minimum absolute atomic E-state index is 0.00401. The molecule has 0 fully saturated rings. The molecule has 0 spiro atoms. The van der Waals surface area contributed by atoms with E-state index in [0.29, 0.717) is 6.61 Å². The summed E-state index contributed by atoms with van der Waals surface area (Å²) in [5.74, 6) is 1.79. The minimum atomic E-state index is 0.00401. The fourth-order valence-electron chi connectivity index (χ4n) is 2.49. The van der Waals surface area contributed by atoms with Crippen molar-refractivity contribution in [3.8, 4) is 11.5 Å². The predicted molar refractivity (Wildman–Crippen MR) is 109 cm³/mol. The standard InChI is InChI=1S/C22H32N2O2/c1-7-24(19-9-8-10-21(15-19)25-6)16-18-11-13-20(14-12-18)26-17-22(2,3)23(4)5/h8-15H,7,16-17H2,1-6H3. The first-order valence-electron chi connectivity index (χ1n) is 9.14. The third-order valence-corrected chi connectivity index (χ3v) is 4.90. The lowest BCUT2D eigenvalue weighted by atomic mass is 10.1. The molecule has 0 radical (unpaired) electrons. The van der Waals surface area contributed by atoms with E-state index >= 15 is 0 Å². The molecule has 2 aromatic carbocycles. The van der Waals surface area contributed by atoms with E-state index in [2.05, 4.69) is 81.1 Å². The van der Waals surface area contributed by atoms with Crippen molar-refractivity contribution in [1.82, 2.24) is 4.90 Å². The highest BCUT2D eigenvalue weighted by molar-refractivity contribution is 5.51. The van der Waals surface area contributed by atoms with Crippen LogP contribution in [0, 0.1) is 0 Å². The summed E-state index contributed by atoms with van der Waals surface area (Å²) in [6.07, 6.45) is 0. The van der Waals surface area contributed by atoms with Crippen LogP contribution in [0.5, 0.6) is 11.5 Å². The Kier molecular flexibility index (Phi) is 6.92. The van der Waals surface area contributed by atoms with Gasteiger partial charge in [-0.15, -0.1) is 0 Å². The van der Waals surface area contributed by atoms with Crippen molar-refractivity contribution in [2.45, 2.75) is 32.9 Å². The highest BCUT2D eigenvalue weighted by Crippen LogP contribution is 2.23. The van der Waals surface area contributed by atoms with Crippen LogP contribution in [0.2, 0.25) is 0 Å². The zero-order valence-corrected chi connectivity index (χ0v) is 17.0. The van der Waals surface area contributed by atoms with Gasteiger partial charge < -0.3 is 19.3 Å². The molecule has 4 heteroatoms. The first kappa shape index (κ1) is 20.1. The van der Waals surface area contributed by atoms with Crippen molar-refractivity contribution in [3.05, 3.63) is 54.1 Å². The zero-order valence-electron chi connectivity index (χ0n) is 17.0. The van der Waals surface area contributed by atoms with Gasteiger partial charge in [0.05, 0.1) is 7.11 Å². The predicted octanol–water partition coefficient (Wildman–Crippen LogP) is 4.44. The van der Waals surface area contributed by atoms with Crippen LogP contribution in [0.25, 0.3) is 0 Å². The van der Waals surface area contributed by atoms with Gasteiger partial charge in [0, 0.05) is 30.4 Å². The number of nitrogens with zero attached hydrogens (tertiary/aromatic N) is 2. The Morgan fingerprint density at radius 3 is 2.23 bits per heavy atom. The van der Waals surface area contributed by atoms with Crippen LogP contribution in [0.3, 0.4) is 0 Å². The summed E-state index contributed by atoms with van der Waals surface area (Å²) < 4.78 is 11.3. The fraction of sp³-hybridized carbons (Fsp3) is 0.455. The maximum atomic E-state index is 5.96. The zero-order chi connectivity index (χ0) is 19.2. The highest BCUT2D eigenvalue weighted by Gasteiger charge is 2.21. The summed E-state index contributed by atoms with van der Waals surface area (Å²) in [6.45, 7) is 8.96. The molecule has 26 heavy (non-hydrogen) atoms. The molecule has 0 aliphatic rings. The number of hydrogen-bond donors (Lipinski definition) is 0. The number of rotatable bonds is 9. The van der Waals surface area contributed by atoms with E-state index in [1.54, 1.807) is 7.11 Å². The summed E-state index contributed by atoms with van der Waals surface area (Å²) >= 11 is 0. The van der Waals surface area contributed by atoms with E-state index in [-0.39, 0.29) is 5.54 Å². The third kappa shape index (κ3) is 5.40. The van der Waals surface area contributed by atoms with Crippen molar-refractivity contribution in [2.75, 3.05) is 39.3 Å². The normalized spacial score (nSPS) is 11.5. The molecule has 2 aromatic rings. The molecular formula is C22H32N2O2. The molecule has 0 bridgehead atoms. The average molecular weight is 357 g/mol. The van der Waals surface area contributed by atoms with Crippen LogP contribution < -0.4 is 14.4 Å².